The molecule has 1 aromatic carbocycles. The summed E-state index contributed by atoms with van der Waals surface area (Å²) in [5, 5.41) is 0. The summed E-state index contributed by atoms with van der Waals surface area (Å²) in [6.07, 6.45) is 19.3. The average molecular weight is 384 g/mol. The van der Waals surface area contributed by atoms with Crippen molar-refractivity contribution in [2.75, 3.05) is 13.2 Å². The zero-order valence-corrected chi connectivity index (χ0v) is 18.1. The van der Waals surface area contributed by atoms with E-state index in [0.29, 0.717) is 12.1 Å². The van der Waals surface area contributed by atoms with E-state index in [1.165, 1.54) is 82.6 Å². The third-order valence-corrected chi connectivity index (χ3v) is 6.48. The number of benzene rings is 1. The lowest BCUT2D eigenvalue weighted by atomic mass is 9.90. The Labute approximate surface area is 173 Å². The van der Waals surface area contributed by atoms with Gasteiger partial charge >= 0.3 is 0 Å². The molecule has 2 atom stereocenters. The van der Waals surface area contributed by atoms with Gasteiger partial charge in [0.2, 0.25) is 0 Å². The van der Waals surface area contributed by atoms with E-state index in [1.54, 1.807) is 5.57 Å². The molecular formula is C26H41NO. The molecule has 0 spiro atoms. The van der Waals surface area contributed by atoms with Gasteiger partial charge in [-0.2, -0.15) is 0 Å². The molecule has 1 aromatic rings. The Morgan fingerprint density at radius 3 is 2.21 bits per heavy atom. The summed E-state index contributed by atoms with van der Waals surface area (Å²) in [7, 11) is 0. The second-order valence-corrected chi connectivity index (χ2v) is 8.88. The monoisotopic (exact) mass is 383 g/mol. The van der Waals surface area contributed by atoms with Crippen molar-refractivity contribution in [3.8, 4) is 0 Å². The fourth-order valence-corrected chi connectivity index (χ4v) is 4.82. The average Bonchev–Trinajstić information content (AvgIpc) is 2.70. The molecule has 0 amide bonds. The lowest BCUT2D eigenvalue weighted by Crippen LogP contribution is -2.53. The maximum Gasteiger partial charge on any atom is 0.0658 e. The van der Waals surface area contributed by atoms with Crippen molar-refractivity contribution in [2.45, 2.75) is 103 Å². The van der Waals surface area contributed by atoms with Gasteiger partial charge in [0.1, 0.15) is 0 Å². The van der Waals surface area contributed by atoms with E-state index in [9.17, 15) is 0 Å². The first-order valence-electron chi connectivity index (χ1n) is 11.9. The quantitative estimate of drug-likeness (QED) is 0.271. The van der Waals surface area contributed by atoms with Gasteiger partial charge in [-0.25, -0.2) is 0 Å². The Kier molecular flexibility index (Phi) is 9.59. The maximum absolute atomic E-state index is 5.87. The van der Waals surface area contributed by atoms with Crippen molar-refractivity contribution in [1.29, 1.82) is 0 Å². The van der Waals surface area contributed by atoms with Crippen LogP contribution in [0, 0.1) is 0 Å². The summed E-state index contributed by atoms with van der Waals surface area (Å²) in [5.74, 6) is 0. The maximum atomic E-state index is 5.87. The Morgan fingerprint density at radius 2 is 1.54 bits per heavy atom. The summed E-state index contributed by atoms with van der Waals surface area (Å²) < 4.78 is 5.87. The van der Waals surface area contributed by atoms with E-state index in [4.69, 9.17) is 4.74 Å². The van der Waals surface area contributed by atoms with Gasteiger partial charge in [-0.1, -0.05) is 107 Å². The Balaban J connectivity index is 1.33. The summed E-state index contributed by atoms with van der Waals surface area (Å²) in [6, 6.07) is 12.0. The van der Waals surface area contributed by atoms with Gasteiger partial charge in [-0.3, -0.25) is 4.90 Å². The predicted octanol–water partition coefficient (Wildman–Crippen LogP) is 6.90. The predicted molar refractivity (Wildman–Crippen MR) is 120 cm³/mol. The minimum atomic E-state index is 0.478. The molecule has 2 aliphatic heterocycles. The Hall–Kier alpha value is -1.12. The van der Waals surface area contributed by atoms with Crippen molar-refractivity contribution < 1.29 is 4.74 Å². The molecule has 0 aromatic heterocycles. The van der Waals surface area contributed by atoms with Crippen LogP contribution >= 0.6 is 0 Å². The molecule has 0 radical (unpaired) electrons. The van der Waals surface area contributed by atoms with E-state index in [2.05, 4.69) is 48.2 Å². The lowest BCUT2D eigenvalue weighted by Gasteiger charge is -2.45. The van der Waals surface area contributed by atoms with Crippen molar-refractivity contribution >= 4 is 0 Å². The molecule has 2 aliphatic rings. The molecule has 2 bridgehead atoms. The van der Waals surface area contributed by atoms with Crippen molar-refractivity contribution in [3.63, 3.8) is 0 Å². The summed E-state index contributed by atoms with van der Waals surface area (Å²) in [5.41, 5.74) is 3.12. The highest BCUT2D eigenvalue weighted by Crippen LogP contribution is 2.31. The fourth-order valence-electron chi connectivity index (χ4n) is 4.82. The number of nitrogens with zero attached hydrogens (tertiary/aromatic N) is 1. The Morgan fingerprint density at radius 1 is 0.857 bits per heavy atom. The van der Waals surface area contributed by atoms with Crippen LogP contribution < -0.4 is 0 Å². The van der Waals surface area contributed by atoms with Gasteiger partial charge in [-0.05, 0) is 24.8 Å². The van der Waals surface area contributed by atoms with Crippen LogP contribution in [-0.4, -0.2) is 30.2 Å². The van der Waals surface area contributed by atoms with E-state index < -0.39 is 0 Å². The van der Waals surface area contributed by atoms with Gasteiger partial charge in [0.15, 0.2) is 0 Å². The van der Waals surface area contributed by atoms with Crippen LogP contribution in [0.5, 0.6) is 0 Å². The molecule has 1 fully saturated rings. The first-order valence-corrected chi connectivity index (χ1v) is 11.9. The molecule has 0 N–H and O–H groups in total. The van der Waals surface area contributed by atoms with Crippen molar-refractivity contribution in [2.24, 2.45) is 0 Å². The number of fused-ring (bicyclic) bond motifs is 2. The molecule has 28 heavy (non-hydrogen) atoms. The first-order chi connectivity index (χ1) is 13.9. The van der Waals surface area contributed by atoms with Crippen LogP contribution in [0.1, 0.15) is 89.5 Å². The second kappa shape index (κ2) is 12.4. The van der Waals surface area contributed by atoms with Gasteiger partial charge in [-0.15, -0.1) is 0 Å². The minimum absolute atomic E-state index is 0.478. The molecule has 0 aliphatic carbocycles. The molecular weight excluding hydrogens is 342 g/mol. The fraction of sp³-hybridized carbons (Fsp3) is 0.692. The highest BCUT2D eigenvalue weighted by Gasteiger charge is 2.34. The molecule has 3 rings (SSSR count). The second-order valence-electron chi connectivity index (χ2n) is 8.88. The molecule has 2 heteroatoms. The number of morpholine rings is 1. The summed E-state index contributed by atoms with van der Waals surface area (Å²) in [6.45, 7) is 5.12. The van der Waals surface area contributed by atoms with Crippen LogP contribution in [0.3, 0.4) is 0 Å². The normalized spacial score (nSPS) is 22.2. The van der Waals surface area contributed by atoms with E-state index in [1.807, 2.05) is 0 Å². The number of hydrogen-bond donors (Lipinski definition) is 0. The van der Waals surface area contributed by atoms with Gasteiger partial charge in [0.25, 0.3) is 0 Å². The van der Waals surface area contributed by atoms with Gasteiger partial charge in [0.05, 0.1) is 19.3 Å². The standard InChI is InChI=1S/C26H41NO/c1-2-3-4-5-6-7-8-9-10-12-17-24-18-25-21-28-22-26(19-24)27(25)20-23-15-13-11-14-16-23/h11,13-16,18,25-26H,2-10,12,17,19-22H2,1H3. The third kappa shape index (κ3) is 7.04. The molecule has 0 saturated carbocycles. The lowest BCUT2D eigenvalue weighted by molar-refractivity contribution is -0.0442. The highest BCUT2D eigenvalue weighted by atomic mass is 16.5. The van der Waals surface area contributed by atoms with Crippen LogP contribution in [0.2, 0.25) is 0 Å². The third-order valence-electron chi connectivity index (χ3n) is 6.48. The van der Waals surface area contributed by atoms with Crippen molar-refractivity contribution in [3.05, 3.63) is 47.5 Å². The minimum Gasteiger partial charge on any atom is -0.378 e. The largest absolute Gasteiger partial charge is 0.378 e. The molecule has 2 heterocycles. The SMILES string of the molecule is CCCCCCCCCCCCC1=CC2COCC(C1)N2Cc1ccccc1. The molecule has 156 valence electrons. The van der Waals surface area contributed by atoms with Gasteiger partial charge < -0.3 is 4.74 Å². The molecule has 2 unspecified atom stereocenters. The Bertz CT molecular complexity index is 567. The molecule has 1 saturated heterocycles. The highest BCUT2D eigenvalue weighted by molar-refractivity contribution is 5.20. The number of hydrogen-bond acceptors (Lipinski definition) is 2. The van der Waals surface area contributed by atoms with E-state index >= 15 is 0 Å². The van der Waals surface area contributed by atoms with Crippen LogP contribution in [0.25, 0.3) is 0 Å². The zero-order chi connectivity index (χ0) is 19.4. The van der Waals surface area contributed by atoms with Crippen LogP contribution in [0.4, 0.5) is 0 Å². The topological polar surface area (TPSA) is 12.5 Å². The number of rotatable bonds is 13. The summed E-state index contributed by atoms with van der Waals surface area (Å²) in [4.78, 5) is 2.67. The van der Waals surface area contributed by atoms with Crippen molar-refractivity contribution in [1.82, 2.24) is 4.90 Å². The number of unbranched alkanes of at least 4 members (excludes halogenated alkanes) is 9. The van der Waals surface area contributed by atoms with Crippen LogP contribution in [-0.2, 0) is 11.3 Å². The first kappa shape index (κ1) is 21.6. The molecule has 2 nitrogen and oxygen atoms in total. The van der Waals surface area contributed by atoms with E-state index in [0.717, 1.165) is 19.8 Å². The smallest absolute Gasteiger partial charge is 0.0658 e. The van der Waals surface area contributed by atoms with Gasteiger partial charge in [0, 0.05) is 12.6 Å². The number of ether oxygens (including phenoxy) is 1. The van der Waals surface area contributed by atoms with E-state index in [-0.39, 0.29) is 0 Å². The summed E-state index contributed by atoms with van der Waals surface area (Å²) >= 11 is 0. The van der Waals surface area contributed by atoms with Crippen LogP contribution in [0.15, 0.2) is 42.0 Å². The zero-order valence-electron chi connectivity index (χ0n) is 18.1.